The highest BCUT2D eigenvalue weighted by atomic mass is 35.5. The molecule has 1 aromatic carbocycles. The minimum atomic E-state index is -0.283. The Morgan fingerprint density at radius 3 is 2.45 bits per heavy atom. The van der Waals surface area contributed by atoms with Gasteiger partial charge in [0.25, 0.3) is 5.91 Å². The van der Waals surface area contributed by atoms with Crippen molar-refractivity contribution in [2.45, 2.75) is 32.9 Å². The lowest BCUT2D eigenvalue weighted by Gasteiger charge is -2.20. The fourth-order valence-corrected chi connectivity index (χ4v) is 2.01. The maximum atomic E-state index is 12.0. The molecule has 22 heavy (non-hydrogen) atoms. The van der Waals surface area contributed by atoms with Crippen molar-refractivity contribution in [2.24, 2.45) is 0 Å². The van der Waals surface area contributed by atoms with E-state index in [2.05, 4.69) is 20.8 Å². The number of hydrogen-bond donors (Lipinski definition) is 2. The molecule has 6 heteroatoms. The van der Waals surface area contributed by atoms with Crippen molar-refractivity contribution in [3.05, 3.63) is 52.7 Å². The summed E-state index contributed by atoms with van der Waals surface area (Å²) in [7, 11) is 0. The molecule has 0 radical (unpaired) electrons. The smallest absolute Gasteiger partial charge is 0.272 e. The molecule has 1 heterocycles. The first-order chi connectivity index (χ1) is 10.3. The molecule has 1 amide bonds. The van der Waals surface area contributed by atoms with E-state index in [1.807, 2.05) is 39.0 Å². The SMILES string of the molecule is CC(C)(C)Nc1ccc(C(=O)NCc2ccccc2Cl)nn1. The van der Waals surface area contributed by atoms with Crippen molar-refractivity contribution in [1.29, 1.82) is 0 Å². The van der Waals surface area contributed by atoms with Gasteiger partial charge in [0.05, 0.1) is 0 Å². The van der Waals surface area contributed by atoms with Gasteiger partial charge in [0.1, 0.15) is 5.82 Å². The van der Waals surface area contributed by atoms with E-state index in [1.54, 1.807) is 18.2 Å². The lowest BCUT2D eigenvalue weighted by atomic mass is 10.1. The summed E-state index contributed by atoms with van der Waals surface area (Å²) < 4.78 is 0. The predicted molar refractivity (Wildman–Crippen MR) is 88.0 cm³/mol. The van der Waals surface area contributed by atoms with Crippen LogP contribution in [0.2, 0.25) is 5.02 Å². The van der Waals surface area contributed by atoms with Gasteiger partial charge in [0.15, 0.2) is 5.69 Å². The molecule has 0 fully saturated rings. The van der Waals surface area contributed by atoms with Crippen LogP contribution in [0.15, 0.2) is 36.4 Å². The zero-order chi connectivity index (χ0) is 16.2. The Kier molecular flexibility index (Phi) is 4.98. The van der Waals surface area contributed by atoms with Gasteiger partial charge < -0.3 is 10.6 Å². The van der Waals surface area contributed by atoms with Gasteiger partial charge in [0, 0.05) is 17.1 Å². The van der Waals surface area contributed by atoms with Crippen LogP contribution in [0.25, 0.3) is 0 Å². The zero-order valence-corrected chi connectivity index (χ0v) is 13.6. The molecular formula is C16H19ClN4O. The molecule has 0 saturated heterocycles. The molecule has 0 spiro atoms. The van der Waals surface area contributed by atoms with Crippen LogP contribution in [-0.2, 0) is 6.54 Å². The first-order valence-corrected chi connectivity index (χ1v) is 7.36. The molecular weight excluding hydrogens is 300 g/mol. The summed E-state index contributed by atoms with van der Waals surface area (Å²) in [6.45, 7) is 6.43. The molecule has 2 aromatic rings. The molecule has 0 unspecified atom stereocenters. The maximum Gasteiger partial charge on any atom is 0.272 e. The van der Waals surface area contributed by atoms with Gasteiger partial charge in [-0.05, 0) is 44.5 Å². The predicted octanol–water partition coefficient (Wildman–Crippen LogP) is 3.27. The third kappa shape index (κ3) is 4.70. The van der Waals surface area contributed by atoms with E-state index in [9.17, 15) is 4.79 Å². The van der Waals surface area contributed by atoms with Crippen molar-refractivity contribution in [3.8, 4) is 0 Å². The van der Waals surface area contributed by atoms with E-state index in [0.717, 1.165) is 5.56 Å². The van der Waals surface area contributed by atoms with Crippen LogP contribution in [0.3, 0.4) is 0 Å². The maximum absolute atomic E-state index is 12.0. The summed E-state index contributed by atoms with van der Waals surface area (Å²) in [5, 5.41) is 14.5. The van der Waals surface area contributed by atoms with Crippen LogP contribution < -0.4 is 10.6 Å². The number of carbonyl (C=O) groups is 1. The molecule has 0 aliphatic heterocycles. The van der Waals surface area contributed by atoms with Crippen LogP contribution in [0.5, 0.6) is 0 Å². The van der Waals surface area contributed by atoms with Gasteiger partial charge in [-0.15, -0.1) is 10.2 Å². The molecule has 116 valence electrons. The van der Waals surface area contributed by atoms with Crippen molar-refractivity contribution in [3.63, 3.8) is 0 Å². The number of hydrogen-bond acceptors (Lipinski definition) is 4. The van der Waals surface area contributed by atoms with Crippen LogP contribution >= 0.6 is 11.6 Å². The van der Waals surface area contributed by atoms with Crippen molar-refractivity contribution in [1.82, 2.24) is 15.5 Å². The van der Waals surface area contributed by atoms with Gasteiger partial charge in [0.2, 0.25) is 0 Å². The molecule has 0 aliphatic carbocycles. The second-order valence-corrected chi connectivity index (χ2v) is 6.36. The highest BCUT2D eigenvalue weighted by Crippen LogP contribution is 2.14. The van der Waals surface area contributed by atoms with E-state index in [1.165, 1.54) is 0 Å². The molecule has 2 rings (SSSR count). The number of amides is 1. The standard InChI is InChI=1S/C16H19ClN4O/c1-16(2,3)19-14-9-8-13(20-21-14)15(22)18-10-11-6-4-5-7-12(11)17/h4-9H,10H2,1-3H3,(H,18,22)(H,19,21). The van der Waals surface area contributed by atoms with Crippen LogP contribution in [0, 0.1) is 0 Å². The van der Waals surface area contributed by atoms with Crippen molar-refractivity contribution < 1.29 is 4.79 Å². The molecule has 2 N–H and O–H groups in total. The summed E-state index contributed by atoms with van der Waals surface area (Å²) in [6.07, 6.45) is 0. The Hall–Kier alpha value is -2.14. The average molecular weight is 319 g/mol. The number of benzene rings is 1. The van der Waals surface area contributed by atoms with E-state index in [0.29, 0.717) is 17.4 Å². The lowest BCUT2D eigenvalue weighted by molar-refractivity contribution is 0.0945. The number of nitrogens with zero attached hydrogens (tertiary/aromatic N) is 2. The van der Waals surface area contributed by atoms with Gasteiger partial charge >= 0.3 is 0 Å². The van der Waals surface area contributed by atoms with Crippen LogP contribution in [0.4, 0.5) is 5.82 Å². The van der Waals surface area contributed by atoms with Crippen LogP contribution in [0.1, 0.15) is 36.8 Å². The second kappa shape index (κ2) is 6.75. The zero-order valence-electron chi connectivity index (χ0n) is 12.9. The Bertz CT molecular complexity index is 650. The summed E-state index contributed by atoms with van der Waals surface area (Å²) in [5.41, 5.74) is 1.02. The molecule has 0 atom stereocenters. The number of aromatic nitrogens is 2. The average Bonchev–Trinajstić information content (AvgIpc) is 2.45. The summed E-state index contributed by atoms with van der Waals surface area (Å²) in [5.74, 6) is 0.352. The topological polar surface area (TPSA) is 66.9 Å². The van der Waals surface area contributed by atoms with E-state index in [-0.39, 0.29) is 17.1 Å². The summed E-state index contributed by atoms with van der Waals surface area (Å²) in [6, 6.07) is 10.8. The fraction of sp³-hybridized carbons (Fsp3) is 0.312. The highest BCUT2D eigenvalue weighted by Gasteiger charge is 2.12. The van der Waals surface area contributed by atoms with E-state index < -0.39 is 0 Å². The molecule has 0 saturated carbocycles. The Balaban J connectivity index is 1.97. The van der Waals surface area contributed by atoms with Gasteiger partial charge in [-0.1, -0.05) is 29.8 Å². The van der Waals surface area contributed by atoms with Gasteiger partial charge in [-0.25, -0.2) is 0 Å². The third-order valence-electron chi connectivity index (χ3n) is 2.80. The molecule has 5 nitrogen and oxygen atoms in total. The van der Waals surface area contributed by atoms with Gasteiger partial charge in [-0.3, -0.25) is 4.79 Å². The van der Waals surface area contributed by atoms with Crippen molar-refractivity contribution >= 4 is 23.3 Å². The number of nitrogens with one attached hydrogen (secondary N) is 2. The largest absolute Gasteiger partial charge is 0.364 e. The third-order valence-corrected chi connectivity index (χ3v) is 3.17. The van der Waals surface area contributed by atoms with E-state index >= 15 is 0 Å². The number of carbonyl (C=O) groups excluding carboxylic acids is 1. The minimum absolute atomic E-state index is 0.109. The highest BCUT2D eigenvalue weighted by molar-refractivity contribution is 6.31. The van der Waals surface area contributed by atoms with E-state index in [4.69, 9.17) is 11.6 Å². The quantitative estimate of drug-likeness (QED) is 0.908. The van der Waals surface area contributed by atoms with Crippen molar-refractivity contribution in [2.75, 3.05) is 5.32 Å². The molecule has 1 aromatic heterocycles. The number of halogens is 1. The first-order valence-electron chi connectivity index (χ1n) is 6.99. The summed E-state index contributed by atoms with van der Waals surface area (Å²) in [4.78, 5) is 12.0. The van der Waals surface area contributed by atoms with Gasteiger partial charge in [-0.2, -0.15) is 0 Å². The van der Waals surface area contributed by atoms with Crippen LogP contribution in [-0.4, -0.2) is 21.6 Å². The monoisotopic (exact) mass is 318 g/mol. The Morgan fingerprint density at radius 1 is 1.14 bits per heavy atom. The molecule has 0 bridgehead atoms. The normalized spacial score (nSPS) is 11.1. The molecule has 0 aliphatic rings. The second-order valence-electron chi connectivity index (χ2n) is 5.95. The lowest BCUT2D eigenvalue weighted by Crippen LogP contribution is -2.28. The first kappa shape index (κ1) is 16.2. The summed E-state index contributed by atoms with van der Waals surface area (Å²) >= 11 is 6.05. The fourth-order valence-electron chi connectivity index (χ4n) is 1.81. The number of rotatable bonds is 4. The Morgan fingerprint density at radius 2 is 1.86 bits per heavy atom. The number of anilines is 1. The minimum Gasteiger partial charge on any atom is -0.364 e. The Labute approximate surface area is 135 Å².